The second kappa shape index (κ2) is 3.23. The topological polar surface area (TPSA) is 26.0 Å². The van der Waals surface area contributed by atoms with E-state index >= 15 is 0 Å². The molecule has 0 aromatic rings. The van der Waals surface area contributed by atoms with Gasteiger partial charge in [0.2, 0.25) is 5.92 Å². The highest BCUT2D eigenvalue weighted by Gasteiger charge is 2.38. The first-order valence-electron chi connectivity index (χ1n) is 3.58. The second-order valence-corrected chi connectivity index (χ2v) is 3.51. The lowest BCUT2D eigenvalue weighted by Gasteiger charge is -2.33. The number of hydrogen-bond donors (Lipinski definition) is 1. The molecule has 1 nitrogen and oxygen atoms in total. The molecule has 0 unspecified atom stereocenters. The monoisotopic (exact) mass is 185 g/mol. The lowest BCUT2D eigenvalue weighted by Crippen LogP contribution is -2.43. The van der Waals surface area contributed by atoms with Crippen LogP contribution in [0.2, 0.25) is 0 Å². The standard InChI is InChI=1S/C7H13F2N.ClH/c1-6(10)2-4-7(8,9)5-3-6;/h2-5,10H2,1H3;1H. The predicted molar refractivity (Wildman–Crippen MR) is 43.3 cm³/mol. The quantitative estimate of drug-likeness (QED) is 0.616. The summed E-state index contributed by atoms with van der Waals surface area (Å²) in [6.45, 7) is 1.84. The molecule has 1 saturated carbocycles. The highest BCUT2D eigenvalue weighted by molar-refractivity contribution is 5.85. The molecule has 0 radical (unpaired) electrons. The highest BCUT2D eigenvalue weighted by atomic mass is 35.5. The Labute approximate surface area is 71.7 Å². The summed E-state index contributed by atoms with van der Waals surface area (Å²) in [5.74, 6) is -2.45. The summed E-state index contributed by atoms with van der Waals surface area (Å²) in [7, 11) is 0. The molecule has 0 aromatic heterocycles. The van der Waals surface area contributed by atoms with Crippen molar-refractivity contribution in [2.24, 2.45) is 5.73 Å². The van der Waals surface area contributed by atoms with Gasteiger partial charge in [-0.3, -0.25) is 0 Å². The summed E-state index contributed by atoms with van der Waals surface area (Å²) >= 11 is 0. The summed E-state index contributed by atoms with van der Waals surface area (Å²) in [5, 5.41) is 0. The fourth-order valence-electron chi connectivity index (χ4n) is 1.19. The Hall–Kier alpha value is 0.110. The Morgan fingerprint density at radius 1 is 1.09 bits per heavy atom. The number of rotatable bonds is 0. The van der Waals surface area contributed by atoms with E-state index in [0.717, 1.165) is 0 Å². The van der Waals surface area contributed by atoms with Crippen molar-refractivity contribution >= 4 is 12.4 Å². The van der Waals surface area contributed by atoms with Crippen molar-refractivity contribution in [2.45, 2.75) is 44.1 Å². The van der Waals surface area contributed by atoms with Gasteiger partial charge in [0.15, 0.2) is 0 Å². The van der Waals surface area contributed by atoms with Crippen LogP contribution < -0.4 is 5.73 Å². The Bertz CT molecular complexity index is 108. The van der Waals surface area contributed by atoms with Crippen LogP contribution in [0, 0.1) is 0 Å². The van der Waals surface area contributed by atoms with Crippen molar-refractivity contribution in [1.29, 1.82) is 0 Å². The number of alkyl halides is 2. The maximum absolute atomic E-state index is 12.5. The number of halogens is 3. The Kier molecular flexibility index (Phi) is 3.27. The molecule has 1 aliphatic carbocycles. The lowest BCUT2D eigenvalue weighted by molar-refractivity contribution is -0.0483. The number of nitrogens with two attached hydrogens (primary N) is 1. The van der Waals surface area contributed by atoms with Gasteiger partial charge < -0.3 is 5.73 Å². The van der Waals surface area contributed by atoms with Crippen molar-refractivity contribution in [3.8, 4) is 0 Å². The maximum Gasteiger partial charge on any atom is 0.248 e. The predicted octanol–water partition coefficient (Wildman–Crippen LogP) is 2.33. The fraction of sp³-hybridized carbons (Fsp3) is 1.00. The van der Waals surface area contributed by atoms with Gasteiger partial charge in [0, 0.05) is 18.4 Å². The molecular weight excluding hydrogens is 172 g/mol. The molecule has 1 rings (SSSR count). The fourth-order valence-corrected chi connectivity index (χ4v) is 1.19. The van der Waals surface area contributed by atoms with Gasteiger partial charge in [0.25, 0.3) is 0 Å². The molecule has 1 fully saturated rings. The van der Waals surface area contributed by atoms with Gasteiger partial charge >= 0.3 is 0 Å². The molecule has 4 heteroatoms. The van der Waals surface area contributed by atoms with Gasteiger partial charge in [0.05, 0.1) is 0 Å². The third-order valence-electron chi connectivity index (χ3n) is 2.12. The molecule has 1 aliphatic rings. The Morgan fingerprint density at radius 2 is 1.45 bits per heavy atom. The van der Waals surface area contributed by atoms with Crippen LogP contribution in [-0.2, 0) is 0 Å². The van der Waals surface area contributed by atoms with Crippen LogP contribution in [0.3, 0.4) is 0 Å². The molecule has 0 heterocycles. The highest BCUT2D eigenvalue weighted by Crippen LogP contribution is 2.36. The Morgan fingerprint density at radius 3 is 1.73 bits per heavy atom. The molecular formula is C7H14ClF2N. The molecule has 68 valence electrons. The van der Waals surface area contributed by atoms with Crippen LogP contribution in [-0.4, -0.2) is 11.5 Å². The van der Waals surface area contributed by atoms with Crippen molar-refractivity contribution in [2.75, 3.05) is 0 Å². The molecule has 0 aromatic carbocycles. The third kappa shape index (κ3) is 3.34. The summed E-state index contributed by atoms with van der Waals surface area (Å²) in [4.78, 5) is 0. The third-order valence-corrected chi connectivity index (χ3v) is 2.12. The van der Waals surface area contributed by atoms with E-state index < -0.39 is 5.92 Å². The molecule has 2 N–H and O–H groups in total. The SMILES string of the molecule is CC1(N)CCC(F)(F)CC1.Cl. The summed E-state index contributed by atoms with van der Waals surface area (Å²) < 4.78 is 25.0. The minimum Gasteiger partial charge on any atom is -0.325 e. The number of hydrogen-bond acceptors (Lipinski definition) is 1. The van der Waals surface area contributed by atoms with E-state index in [0.29, 0.717) is 12.8 Å². The van der Waals surface area contributed by atoms with Gasteiger partial charge in [-0.1, -0.05) is 0 Å². The Balaban J connectivity index is 0.000001000. The van der Waals surface area contributed by atoms with E-state index in [1.54, 1.807) is 0 Å². The summed E-state index contributed by atoms with van der Waals surface area (Å²) in [6.07, 6.45) is 0.806. The summed E-state index contributed by atoms with van der Waals surface area (Å²) in [5.41, 5.74) is 5.32. The van der Waals surface area contributed by atoms with Gasteiger partial charge in [-0.2, -0.15) is 0 Å². The van der Waals surface area contributed by atoms with E-state index in [4.69, 9.17) is 5.73 Å². The summed E-state index contributed by atoms with van der Waals surface area (Å²) in [6, 6.07) is 0. The smallest absolute Gasteiger partial charge is 0.248 e. The molecule has 0 amide bonds. The van der Waals surface area contributed by atoms with Gasteiger partial charge in [-0.05, 0) is 19.8 Å². The zero-order chi connectivity index (χ0) is 7.83. The second-order valence-electron chi connectivity index (χ2n) is 3.51. The van der Waals surface area contributed by atoms with Gasteiger partial charge in [-0.25, -0.2) is 8.78 Å². The van der Waals surface area contributed by atoms with E-state index in [2.05, 4.69) is 0 Å². The van der Waals surface area contributed by atoms with Crippen molar-refractivity contribution in [3.05, 3.63) is 0 Å². The first kappa shape index (κ1) is 11.1. The minimum absolute atomic E-state index is 0. The van der Waals surface area contributed by atoms with Gasteiger partial charge in [-0.15, -0.1) is 12.4 Å². The van der Waals surface area contributed by atoms with Gasteiger partial charge in [0.1, 0.15) is 0 Å². The van der Waals surface area contributed by atoms with Crippen molar-refractivity contribution in [3.63, 3.8) is 0 Å². The molecule has 0 spiro atoms. The molecule has 0 atom stereocenters. The van der Waals surface area contributed by atoms with Crippen molar-refractivity contribution in [1.82, 2.24) is 0 Å². The molecule has 0 aliphatic heterocycles. The molecule has 0 bridgehead atoms. The van der Waals surface area contributed by atoms with E-state index in [1.807, 2.05) is 6.92 Å². The molecule has 11 heavy (non-hydrogen) atoms. The zero-order valence-corrected chi connectivity index (χ0v) is 7.39. The average molecular weight is 186 g/mol. The average Bonchev–Trinajstić information content (AvgIpc) is 1.79. The first-order valence-corrected chi connectivity index (χ1v) is 3.58. The van der Waals surface area contributed by atoms with Crippen LogP contribution in [0.25, 0.3) is 0 Å². The zero-order valence-electron chi connectivity index (χ0n) is 6.57. The van der Waals surface area contributed by atoms with Crippen LogP contribution in [0.4, 0.5) is 8.78 Å². The van der Waals surface area contributed by atoms with Crippen LogP contribution in [0.15, 0.2) is 0 Å². The minimum atomic E-state index is -2.45. The van der Waals surface area contributed by atoms with E-state index in [9.17, 15) is 8.78 Å². The van der Waals surface area contributed by atoms with E-state index in [-0.39, 0.29) is 30.8 Å². The molecule has 0 saturated heterocycles. The maximum atomic E-state index is 12.5. The van der Waals surface area contributed by atoms with Crippen LogP contribution >= 0.6 is 12.4 Å². The lowest BCUT2D eigenvalue weighted by atomic mass is 9.82. The first-order chi connectivity index (χ1) is 4.41. The van der Waals surface area contributed by atoms with Crippen LogP contribution in [0.5, 0.6) is 0 Å². The van der Waals surface area contributed by atoms with E-state index in [1.165, 1.54) is 0 Å². The normalized spacial score (nSPS) is 27.3. The van der Waals surface area contributed by atoms with Crippen molar-refractivity contribution < 1.29 is 8.78 Å². The largest absolute Gasteiger partial charge is 0.325 e. The van der Waals surface area contributed by atoms with Crippen LogP contribution in [0.1, 0.15) is 32.6 Å².